The topological polar surface area (TPSA) is 43.1 Å². The second-order valence-electron chi connectivity index (χ2n) is 3.33. The number of benzene rings is 1. The van der Waals surface area contributed by atoms with Gasteiger partial charge in [-0.3, -0.25) is 4.40 Å². The molecule has 0 N–H and O–H groups in total. The SMILES string of the molecule is Cc1nc2c(F)cccc2n2cnnc12. The number of fused-ring (bicyclic) bond motifs is 3. The van der Waals surface area contributed by atoms with Gasteiger partial charge in [0.05, 0.1) is 11.2 Å². The molecule has 2 heterocycles. The summed E-state index contributed by atoms with van der Waals surface area (Å²) in [6.07, 6.45) is 1.56. The molecular formula is C10H7FN4. The lowest BCUT2D eigenvalue weighted by molar-refractivity contribution is 0.636. The molecule has 0 aliphatic rings. The van der Waals surface area contributed by atoms with Crippen molar-refractivity contribution < 1.29 is 4.39 Å². The maximum atomic E-state index is 13.5. The van der Waals surface area contributed by atoms with Crippen molar-refractivity contribution in [1.82, 2.24) is 19.6 Å². The third kappa shape index (κ3) is 1.03. The van der Waals surface area contributed by atoms with Crippen LogP contribution in [0.15, 0.2) is 24.5 Å². The Balaban J connectivity index is 2.66. The first kappa shape index (κ1) is 8.28. The van der Waals surface area contributed by atoms with Gasteiger partial charge in [-0.25, -0.2) is 9.37 Å². The van der Waals surface area contributed by atoms with E-state index in [9.17, 15) is 4.39 Å². The zero-order valence-electron chi connectivity index (χ0n) is 7.98. The number of rotatable bonds is 0. The van der Waals surface area contributed by atoms with Crippen molar-refractivity contribution in [3.05, 3.63) is 36.0 Å². The predicted octanol–water partition coefficient (Wildman–Crippen LogP) is 1.73. The molecule has 3 rings (SSSR count). The summed E-state index contributed by atoms with van der Waals surface area (Å²) in [6.45, 7) is 1.79. The van der Waals surface area contributed by atoms with Gasteiger partial charge in [0.15, 0.2) is 11.5 Å². The Kier molecular flexibility index (Phi) is 1.50. The third-order valence-corrected chi connectivity index (χ3v) is 2.38. The third-order valence-electron chi connectivity index (χ3n) is 2.38. The Hall–Kier alpha value is -2.04. The highest BCUT2D eigenvalue weighted by molar-refractivity contribution is 5.78. The molecule has 0 bridgehead atoms. The zero-order valence-corrected chi connectivity index (χ0v) is 7.98. The van der Waals surface area contributed by atoms with E-state index in [0.29, 0.717) is 22.4 Å². The maximum absolute atomic E-state index is 13.5. The standard InChI is InChI=1S/C10H7FN4/c1-6-10-14-12-5-15(10)8-4-2-3-7(11)9(8)13-6/h2-5H,1H3. The fraction of sp³-hybridized carbons (Fsp3) is 0.100. The Bertz CT molecular complexity index is 659. The van der Waals surface area contributed by atoms with E-state index >= 15 is 0 Å². The van der Waals surface area contributed by atoms with Crippen LogP contribution in [0.3, 0.4) is 0 Å². The summed E-state index contributed by atoms with van der Waals surface area (Å²) in [6, 6.07) is 4.83. The lowest BCUT2D eigenvalue weighted by Gasteiger charge is -2.03. The second-order valence-corrected chi connectivity index (χ2v) is 3.33. The van der Waals surface area contributed by atoms with Gasteiger partial charge >= 0.3 is 0 Å². The van der Waals surface area contributed by atoms with Crippen LogP contribution in [0.4, 0.5) is 4.39 Å². The zero-order chi connectivity index (χ0) is 10.4. The van der Waals surface area contributed by atoms with E-state index in [1.807, 2.05) is 0 Å². The number of aromatic nitrogens is 4. The van der Waals surface area contributed by atoms with Gasteiger partial charge in [-0.1, -0.05) is 6.07 Å². The molecule has 5 heteroatoms. The van der Waals surface area contributed by atoms with Gasteiger partial charge in [0.2, 0.25) is 0 Å². The largest absolute Gasteiger partial charge is 0.278 e. The van der Waals surface area contributed by atoms with E-state index in [-0.39, 0.29) is 5.82 Å². The Morgan fingerprint density at radius 1 is 1.33 bits per heavy atom. The molecule has 0 aliphatic heterocycles. The van der Waals surface area contributed by atoms with Crippen LogP contribution in [0.25, 0.3) is 16.7 Å². The quantitative estimate of drug-likeness (QED) is 0.557. The number of halogens is 1. The summed E-state index contributed by atoms with van der Waals surface area (Å²) in [7, 11) is 0. The number of para-hydroxylation sites is 1. The van der Waals surface area contributed by atoms with Crippen molar-refractivity contribution in [2.75, 3.05) is 0 Å². The number of aryl methyl sites for hydroxylation is 1. The molecule has 15 heavy (non-hydrogen) atoms. The molecule has 0 unspecified atom stereocenters. The number of nitrogens with zero attached hydrogens (tertiary/aromatic N) is 4. The molecular weight excluding hydrogens is 195 g/mol. The average molecular weight is 202 g/mol. The molecule has 4 nitrogen and oxygen atoms in total. The maximum Gasteiger partial charge on any atom is 0.182 e. The highest BCUT2D eigenvalue weighted by atomic mass is 19.1. The minimum absolute atomic E-state index is 0.328. The summed E-state index contributed by atoms with van der Waals surface area (Å²) in [5.74, 6) is -0.328. The fourth-order valence-electron chi connectivity index (χ4n) is 1.68. The fourth-order valence-corrected chi connectivity index (χ4v) is 1.68. The molecule has 0 atom stereocenters. The summed E-state index contributed by atoms with van der Waals surface area (Å²) in [4.78, 5) is 4.18. The highest BCUT2D eigenvalue weighted by Crippen LogP contribution is 2.18. The van der Waals surface area contributed by atoms with Gasteiger partial charge in [0.1, 0.15) is 11.8 Å². The van der Waals surface area contributed by atoms with Crippen LogP contribution < -0.4 is 0 Å². The lowest BCUT2D eigenvalue weighted by Crippen LogP contribution is -1.96. The van der Waals surface area contributed by atoms with Crippen LogP contribution in [-0.4, -0.2) is 19.6 Å². The first-order valence-corrected chi connectivity index (χ1v) is 4.52. The monoisotopic (exact) mass is 202 g/mol. The van der Waals surface area contributed by atoms with Crippen molar-refractivity contribution >= 4 is 16.7 Å². The summed E-state index contributed by atoms with van der Waals surface area (Å²) in [5, 5.41) is 7.72. The van der Waals surface area contributed by atoms with E-state index in [4.69, 9.17) is 0 Å². The van der Waals surface area contributed by atoms with E-state index in [1.54, 1.807) is 29.8 Å². The van der Waals surface area contributed by atoms with E-state index in [2.05, 4.69) is 15.2 Å². The molecule has 0 spiro atoms. The van der Waals surface area contributed by atoms with Gasteiger partial charge in [-0.2, -0.15) is 0 Å². The van der Waals surface area contributed by atoms with E-state index in [1.165, 1.54) is 6.07 Å². The first-order chi connectivity index (χ1) is 7.27. The molecule has 3 aromatic rings. The summed E-state index contributed by atoms with van der Waals surface area (Å²) in [5.41, 5.74) is 2.36. The molecule has 0 amide bonds. The second kappa shape index (κ2) is 2.73. The predicted molar refractivity (Wildman–Crippen MR) is 53.0 cm³/mol. The Labute approximate surface area is 84.4 Å². The van der Waals surface area contributed by atoms with E-state index in [0.717, 1.165) is 0 Å². The number of hydrogen-bond donors (Lipinski definition) is 0. The molecule has 0 saturated heterocycles. The van der Waals surface area contributed by atoms with Crippen LogP contribution in [0.2, 0.25) is 0 Å². The van der Waals surface area contributed by atoms with Crippen molar-refractivity contribution in [3.8, 4) is 0 Å². The molecule has 2 aromatic heterocycles. The minimum Gasteiger partial charge on any atom is -0.278 e. The normalized spacial score (nSPS) is 11.3. The van der Waals surface area contributed by atoms with Crippen LogP contribution in [0.1, 0.15) is 5.69 Å². The van der Waals surface area contributed by atoms with Gasteiger partial charge in [0.25, 0.3) is 0 Å². The average Bonchev–Trinajstić information content (AvgIpc) is 2.69. The molecule has 0 saturated carbocycles. The van der Waals surface area contributed by atoms with Crippen molar-refractivity contribution in [1.29, 1.82) is 0 Å². The van der Waals surface area contributed by atoms with Crippen LogP contribution in [0.5, 0.6) is 0 Å². The van der Waals surface area contributed by atoms with Crippen molar-refractivity contribution in [3.63, 3.8) is 0 Å². The number of hydrogen-bond acceptors (Lipinski definition) is 3. The highest BCUT2D eigenvalue weighted by Gasteiger charge is 2.09. The van der Waals surface area contributed by atoms with Gasteiger partial charge in [-0.15, -0.1) is 10.2 Å². The van der Waals surface area contributed by atoms with Crippen LogP contribution in [0, 0.1) is 12.7 Å². The van der Waals surface area contributed by atoms with Crippen molar-refractivity contribution in [2.45, 2.75) is 6.92 Å². The van der Waals surface area contributed by atoms with Crippen molar-refractivity contribution in [2.24, 2.45) is 0 Å². The van der Waals surface area contributed by atoms with Gasteiger partial charge in [-0.05, 0) is 19.1 Å². The van der Waals surface area contributed by atoms with Crippen LogP contribution in [-0.2, 0) is 0 Å². The molecule has 1 aromatic carbocycles. The smallest absolute Gasteiger partial charge is 0.182 e. The summed E-state index contributed by atoms with van der Waals surface area (Å²) >= 11 is 0. The Morgan fingerprint density at radius 2 is 2.20 bits per heavy atom. The van der Waals surface area contributed by atoms with E-state index < -0.39 is 0 Å². The Morgan fingerprint density at radius 3 is 3.07 bits per heavy atom. The molecule has 0 aliphatic carbocycles. The molecule has 0 radical (unpaired) electrons. The van der Waals surface area contributed by atoms with Gasteiger partial charge < -0.3 is 0 Å². The first-order valence-electron chi connectivity index (χ1n) is 4.52. The minimum atomic E-state index is -0.328. The molecule has 0 fully saturated rings. The molecule has 74 valence electrons. The summed E-state index contributed by atoms with van der Waals surface area (Å²) < 4.78 is 15.2. The van der Waals surface area contributed by atoms with Gasteiger partial charge in [0, 0.05) is 0 Å². The lowest BCUT2D eigenvalue weighted by atomic mass is 10.2. The van der Waals surface area contributed by atoms with Crippen LogP contribution >= 0.6 is 0 Å².